The van der Waals surface area contributed by atoms with Gasteiger partial charge >= 0.3 is 21.1 Å². The number of fused-ring (bicyclic) bond motifs is 3. The second-order valence-electron chi connectivity index (χ2n) is 16.4. The molecule has 0 radical (unpaired) electrons. The smallest absolute Gasteiger partial charge is 0.512 e. The molecule has 0 N–H and O–H groups in total. The fraction of sp³-hybridized carbons (Fsp3) is 0.442. The van der Waals surface area contributed by atoms with Gasteiger partial charge in [-0.2, -0.15) is 5.56 Å². The molecule has 6 heteroatoms. The molecule has 2 atom stereocenters. The van der Waals surface area contributed by atoms with Crippen molar-refractivity contribution in [2.24, 2.45) is 4.99 Å². The van der Waals surface area contributed by atoms with Crippen LogP contribution in [0.3, 0.4) is 0 Å². The van der Waals surface area contributed by atoms with E-state index in [-0.39, 0.29) is 43.0 Å². The Kier molecular flexibility index (Phi) is 8.96. The zero-order valence-electron chi connectivity index (χ0n) is 30.7. The zero-order chi connectivity index (χ0) is 34.2. The molecule has 0 unspecified atom stereocenters. The van der Waals surface area contributed by atoms with Gasteiger partial charge in [-0.05, 0) is 67.7 Å². The molecule has 1 aromatic heterocycles. The molecule has 0 bridgehead atoms. The summed E-state index contributed by atoms with van der Waals surface area (Å²) in [6.07, 6.45) is 6.27. The number of aryl methyl sites for hydroxylation is 1. The fourth-order valence-corrected chi connectivity index (χ4v) is 7.66. The number of hydrogen-bond acceptors (Lipinski definition) is 5. The van der Waals surface area contributed by atoms with Crippen molar-refractivity contribution in [3.05, 3.63) is 106 Å². The predicted molar refractivity (Wildman–Crippen MR) is 196 cm³/mol. The van der Waals surface area contributed by atoms with Crippen molar-refractivity contribution >= 4 is 23.1 Å². The number of benzene rings is 3. The summed E-state index contributed by atoms with van der Waals surface area (Å²) in [5.41, 5.74) is 8.14. The maximum absolute atomic E-state index is 6.66. The molecule has 5 nitrogen and oxygen atoms in total. The van der Waals surface area contributed by atoms with Gasteiger partial charge in [0.25, 0.3) is 0 Å². The van der Waals surface area contributed by atoms with E-state index >= 15 is 0 Å². The van der Waals surface area contributed by atoms with Gasteiger partial charge in [0.2, 0.25) is 0 Å². The third-order valence-electron chi connectivity index (χ3n) is 11.0. The molecule has 0 amide bonds. The van der Waals surface area contributed by atoms with Crippen LogP contribution in [0.4, 0.5) is 17.2 Å². The molecule has 258 valence electrons. The Bertz CT molecular complexity index is 1940. The Hall–Kier alpha value is -3.43. The molecular weight excluding hydrogens is 786 g/mol. The molecule has 49 heavy (non-hydrogen) atoms. The van der Waals surface area contributed by atoms with Gasteiger partial charge in [0.05, 0.1) is 5.54 Å². The minimum absolute atomic E-state index is 0. The van der Waals surface area contributed by atoms with E-state index in [1.165, 1.54) is 29.5 Å². The minimum atomic E-state index is -0.292. The van der Waals surface area contributed by atoms with Crippen LogP contribution in [0.25, 0.3) is 0 Å². The van der Waals surface area contributed by atoms with Crippen molar-refractivity contribution < 1.29 is 30.5 Å². The van der Waals surface area contributed by atoms with E-state index in [0.717, 1.165) is 46.7 Å². The van der Waals surface area contributed by atoms with Crippen molar-refractivity contribution in [2.45, 2.75) is 123 Å². The summed E-state index contributed by atoms with van der Waals surface area (Å²) >= 11 is 0. The van der Waals surface area contributed by atoms with E-state index in [4.69, 9.17) is 19.5 Å². The normalized spacial score (nSPS) is 22.3. The SMILES string of the molecule is Cc1cc(Oc2[c-]c(C3=N[C@@]4(C)CCCC[C@]4(C)O3)cc(C(C)C)c2)[c-]c(N2c3ccc(C(C)(C)C)cc3C(C)(C)c3cccnc32)c1.[Pt+2]. The molecule has 0 saturated heterocycles. The van der Waals surface area contributed by atoms with Crippen LogP contribution < -0.4 is 9.64 Å². The first-order chi connectivity index (χ1) is 22.6. The molecule has 1 fully saturated rings. The van der Waals surface area contributed by atoms with Gasteiger partial charge in [-0.3, -0.25) is 4.99 Å². The maximum Gasteiger partial charge on any atom is 2.00 e. The number of nitrogens with zero attached hydrogens (tertiary/aromatic N) is 3. The van der Waals surface area contributed by atoms with Gasteiger partial charge in [-0.25, -0.2) is 4.98 Å². The van der Waals surface area contributed by atoms with Gasteiger partial charge in [0.15, 0.2) is 0 Å². The van der Waals surface area contributed by atoms with Crippen LogP contribution in [0.5, 0.6) is 11.5 Å². The van der Waals surface area contributed by atoms with Crippen LogP contribution in [-0.2, 0) is 36.6 Å². The number of aliphatic imine (C=N–C) groups is 1. The summed E-state index contributed by atoms with van der Waals surface area (Å²) in [4.78, 5) is 12.4. The minimum Gasteiger partial charge on any atom is -0.512 e. The quantitative estimate of drug-likeness (QED) is 0.188. The van der Waals surface area contributed by atoms with Gasteiger partial charge in [-0.15, -0.1) is 29.8 Å². The molecule has 3 aromatic carbocycles. The van der Waals surface area contributed by atoms with E-state index < -0.39 is 0 Å². The average molecular weight is 835 g/mol. The van der Waals surface area contributed by atoms with Crippen molar-refractivity contribution in [3.8, 4) is 11.5 Å². The van der Waals surface area contributed by atoms with E-state index in [2.05, 4.69) is 129 Å². The first kappa shape index (κ1) is 35.4. The standard InChI is InChI=1S/C43H49N3O2.Pt/c1-27(2)29-22-30(39-45-42(9)17-11-12-18-43(42,10)48-39)24-34(23-29)47-33-21-28(3)20-32(26-33)46-37-16-15-31(40(4,5)6)25-36(37)41(7,8)35-14-13-19-44-38(35)46;/h13-16,19-23,25,27H,11-12,17-18H2,1-10H3;/q-2;+2/t42-,43-;/m0./s1. The number of rotatable bonds is 5. The fourth-order valence-electron chi connectivity index (χ4n) is 7.66. The number of ether oxygens (including phenoxy) is 2. The zero-order valence-corrected chi connectivity index (χ0v) is 32.9. The summed E-state index contributed by atoms with van der Waals surface area (Å²) in [5.74, 6) is 3.15. The molecule has 3 heterocycles. The molecule has 1 aliphatic carbocycles. The van der Waals surface area contributed by atoms with Crippen molar-refractivity contribution in [2.75, 3.05) is 4.90 Å². The van der Waals surface area contributed by atoms with Gasteiger partial charge in [-0.1, -0.05) is 103 Å². The van der Waals surface area contributed by atoms with E-state index in [0.29, 0.717) is 23.3 Å². The topological polar surface area (TPSA) is 47.0 Å². The average Bonchev–Trinajstić information content (AvgIpc) is 3.31. The number of hydrogen-bond donors (Lipinski definition) is 0. The van der Waals surface area contributed by atoms with Crippen LogP contribution >= 0.6 is 0 Å². The molecular formula is C43H49N3O2Pt. The van der Waals surface area contributed by atoms with Crippen molar-refractivity contribution in [1.29, 1.82) is 0 Å². The summed E-state index contributed by atoms with van der Waals surface area (Å²) in [6, 6.07) is 26.7. The molecule has 1 saturated carbocycles. The van der Waals surface area contributed by atoms with Crippen LogP contribution in [-0.4, -0.2) is 22.0 Å². The summed E-state index contributed by atoms with van der Waals surface area (Å²) in [7, 11) is 0. The van der Waals surface area contributed by atoms with Crippen LogP contribution in [0.15, 0.2) is 65.8 Å². The second-order valence-corrected chi connectivity index (χ2v) is 16.4. The van der Waals surface area contributed by atoms with Gasteiger partial charge in [0.1, 0.15) is 17.3 Å². The number of aromatic nitrogens is 1. The Balaban J connectivity index is 0.00000417. The predicted octanol–water partition coefficient (Wildman–Crippen LogP) is 11.2. The molecule has 7 rings (SSSR count). The van der Waals surface area contributed by atoms with Gasteiger partial charge < -0.3 is 14.4 Å². The Morgan fingerprint density at radius 2 is 1.63 bits per heavy atom. The van der Waals surface area contributed by atoms with E-state index in [1.54, 1.807) is 0 Å². The Morgan fingerprint density at radius 1 is 0.898 bits per heavy atom. The molecule has 2 aliphatic heterocycles. The second kappa shape index (κ2) is 12.4. The first-order valence-corrected chi connectivity index (χ1v) is 17.6. The third-order valence-corrected chi connectivity index (χ3v) is 11.0. The Morgan fingerprint density at radius 3 is 2.35 bits per heavy atom. The van der Waals surface area contributed by atoms with E-state index in [1.807, 2.05) is 18.3 Å². The van der Waals surface area contributed by atoms with Crippen molar-refractivity contribution in [1.82, 2.24) is 4.98 Å². The molecule has 0 spiro atoms. The first-order valence-electron chi connectivity index (χ1n) is 17.6. The van der Waals surface area contributed by atoms with Crippen molar-refractivity contribution in [3.63, 3.8) is 0 Å². The molecule has 3 aliphatic rings. The number of pyridine rings is 1. The largest absolute Gasteiger partial charge is 2.00 e. The number of anilines is 3. The van der Waals surface area contributed by atoms with Crippen LogP contribution in [0.1, 0.15) is 127 Å². The van der Waals surface area contributed by atoms with Crippen LogP contribution in [0.2, 0.25) is 0 Å². The Labute approximate surface area is 307 Å². The van der Waals surface area contributed by atoms with E-state index in [9.17, 15) is 0 Å². The maximum atomic E-state index is 6.66. The monoisotopic (exact) mass is 834 g/mol. The third kappa shape index (κ3) is 6.15. The summed E-state index contributed by atoms with van der Waals surface area (Å²) < 4.78 is 13.3. The van der Waals surface area contributed by atoms with Gasteiger partial charge in [0, 0.05) is 34.4 Å². The summed E-state index contributed by atoms with van der Waals surface area (Å²) in [6.45, 7) is 22.4. The molecule has 4 aromatic rings. The summed E-state index contributed by atoms with van der Waals surface area (Å²) in [5, 5.41) is 0. The van der Waals surface area contributed by atoms with Crippen LogP contribution in [0, 0.1) is 19.1 Å².